The third-order valence-electron chi connectivity index (χ3n) is 5.25. The number of carbonyl (C=O) groups is 1. The molecule has 5 aromatic rings. The molecule has 0 fully saturated rings. The number of carbonyl (C=O) groups excluding carboxylic acids is 1. The Labute approximate surface area is 200 Å². The smallest absolute Gasteiger partial charge is 0.253 e. The lowest BCUT2D eigenvalue weighted by Gasteiger charge is -2.15. The monoisotopic (exact) mass is 467 g/mol. The van der Waals surface area contributed by atoms with E-state index in [0.717, 1.165) is 21.3 Å². The lowest BCUT2D eigenvalue weighted by Crippen LogP contribution is -2.23. The van der Waals surface area contributed by atoms with Crippen molar-refractivity contribution in [2.75, 3.05) is 12.4 Å². The molecular formula is C26H21N5O2S. The first-order valence-corrected chi connectivity index (χ1v) is 11.5. The van der Waals surface area contributed by atoms with E-state index in [1.54, 1.807) is 36.9 Å². The first-order valence-electron chi connectivity index (χ1n) is 10.6. The van der Waals surface area contributed by atoms with E-state index in [2.05, 4.69) is 15.6 Å². The van der Waals surface area contributed by atoms with Crippen LogP contribution in [0.3, 0.4) is 0 Å². The van der Waals surface area contributed by atoms with Gasteiger partial charge in [0.05, 0.1) is 30.4 Å². The van der Waals surface area contributed by atoms with Crippen LogP contribution in [0.5, 0.6) is 5.75 Å². The number of nitrogens with one attached hydrogen (secondary N) is 2. The molecule has 0 aliphatic heterocycles. The van der Waals surface area contributed by atoms with E-state index in [1.807, 2.05) is 66.0 Å². The lowest BCUT2D eigenvalue weighted by atomic mass is 10.1. The third-order valence-corrected chi connectivity index (χ3v) is 6.13. The van der Waals surface area contributed by atoms with E-state index in [-0.39, 0.29) is 5.91 Å². The van der Waals surface area contributed by atoms with Gasteiger partial charge in [-0.05, 0) is 53.9 Å². The molecule has 1 amide bonds. The zero-order chi connectivity index (χ0) is 23.3. The number of pyridine rings is 1. The molecule has 0 bridgehead atoms. The molecule has 34 heavy (non-hydrogen) atoms. The molecule has 0 saturated carbocycles. The van der Waals surface area contributed by atoms with Crippen molar-refractivity contribution in [3.8, 4) is 17.1 Å². The van der Waals surface area contributed by atoms with Crippen LogP contribution in [0.25, 0.3) is 22.3 Å². The van der Waals surface area contributed by atoms with Gasteiger partial charge in [-0.1, -0.05) is 18.2 Å². The summed E-state index contributed by atoms with van der Waals surface area (Å²) in [6, 6.07) is 20.7. The van der Waals surface area contributed by atoms with Crippen LogP contribution < -0.4 is 15.4 Å². The number of methoxy groups -OCH3 is 1. The van der Waals surface area contributed by atoms with E-state index in [1.165, 1.54) is 0 Å². The fourth-order valence-corrected chi connectivity index (χ4v) is 4.19. The molecule has 0 atom stereocenters. The molecule has 0 aliphatic carbocycles. The maximum absolute atomic E-state index is 13.0. The van der Waals surface area contributed by atoms with Crippen molar-refractivity contribution in [3.63, 3.8) is 0 Å². The number of nitrogens with zero attached hydrogens (tertiary/aromatic N) is 3. The van der Waals surface area contributed by atoms with E-state index in [4.69, 9.17) is 14.7 Å². The Morgan fingerprint density at radius 1 is 1.03 bits per heavy atom. The molecule has 168 valence electrons. The van der Waals surface area contributed by atoms with Gasteiger partial charge in [0.2, 0.25) is 0 Å². The van der Waals surface area contributed by atoms with Gasteiger partial charge in [0.1, 0.15) is 11.6 Å². The Kier molecular flexibility index (Phi) is 6.13. The van der Waals surface area contributed by atoms with E-state index in [0.29, 0.717) is 35.2 Å². The highest BCUT2D eigenvalue weighted by Crippen LogP contribution is 2.31. The summed E-state index contributed by atoms with van der Waals surface area (Å²) < 4.78 is 5.42. The Balaban J connectivity index is 1.53. The number of amides is 1. The summed E-state index contributed by atoms with van der Waals surface area (Å²) in [7, 11) is 1.62. The van der Waals surface area contributed by atoms with Gasteiger partial charge in [0, 0.05) is 28.2 Å². The molecular weight excluding hydrogens is 446 g/mol. The molecule has 0 aliphatic rings. The maximum Gasteiger partial charge on any atom is 0.253 e. The van der Waals surface area contributed by atoms with Crippen molar-refractivity contribution in [3.05, 3.63) is 94.9 Å². The molecule has 5 rings (SSSR count). The minimum Gasteiger partial charge on any atom is -0.497 e. The van der Waals surface area contributed by atoms with Crippen molar-refractivity contribution >= 4 is 39.7 Å². The fourth-order valence-electron chi connectivity index (χ4n) is 3.55. The second-order valence-electron chi connectivity index (χ2n) is 7.45. The van der Waals surface area contributed by atoms with E-state index >= 15 is 0 Å². The molecule has 0 radical (unpaired) electrons. The average molecular weight is 468 g/mol. The van der Waals surface area contributed by atoms with Crippen LogP contribution in [-0.2, 0) is 6.54 Å². The van der Waals surface area contributed by atoms with Crippen LogP contribution in [-0.4, -0.2) is 28.0 Å². The topological polar surface area (TPSA) is 89.0 Å². The quantitative estimate of drug-likeness (QED) is 0.332. The van der Waals surface area contributed by atoms with Crippen LogP contribution in [0.15, 0.2) is 84.5 Å². The zero-order valence-corrected chi connectivity index (χ0v) is 19.2. The highest BCUT2D eigenvalue weighted by atomic mass is 32.1. The van der Waals surface area contributed by atoms with Gasteiger partial charge in [-0.3, -0.25) is 9.78 Å². The number of anilines is 2. The Morgan fingerprint density at radius 2 is 1.94 bits per heavy atom. The fraction of sp³-hybridized carbons (Fsp3) is 0.0769. The SMILES string of the molecule is COc1ccc2nc(-c3cccnc3)nc(Nc3ccccc3C(=O)NCc3cccs3)c2c1. The average Bonchev–Trinajstić information content (AvgIpc) is 3.41. The van der Waals surface area contributed by atoms with Crippen molar-refractivity contribution in [1.29, 1.82) is 0 Å². The summed E-state index contributed by atoms with van der Waals surface area (Å²) in [4.78, 5) is 27.8. The predicted molar refractivity (Wildman–Crippen MR) is 135 cm³/mol. The molecule has 0 spiro atoms. The summed E-state index contributed by atoms with van der Waals surface area (Å²) in [6.07, 6.45) is 3.43. The summed E-state index contributed by atoms with van der Waals surface area (Å²) in [5.74, 6) is 1.63. The highest BCUT2D eigenvalue weighted by Gasteiger charge is 2.15. The van der Waals surface area contributed by atoms with Crippen molar-refractivity contribution in [1.82, 2.24) is 20.3 Å². The minimum absolute atomic E-state index is 0.167. The number of rotatable bonds is 7. The number of para-hydroxylation sites is 1. The lowest BCUT2D eigenvalue weighted by molar-refractivity contribution is 0.0952. The summed E-state index contributed by atoms with van der Waals surface area (Å²) in [6.45, 7) is 0.476. The van der Waals surface area contributed by atoms with Crippen LogP contribution in [0.4, 0.5) is 11.5 Å². The van der Waals surface area contributed by atoms with Crippen molar-refractivity contribution in [2.45, 2.75) is 6.54 Å². The van der Waals surface area contributed by atoms with Gasteiger partial charge >= 0.3 is 0 Å². The molecule has 7 nitrogen and oxygen atoms in total. The van der Waals surface area contributed by atoms with Crippen molar-refractivity contribution < 1.29 is 9.53 Å². The van der Waals surface area contributed by atoms with Gasteiger partial charge in [0.25, 0.3) is 5.91 Å². The molecule has 3 aromatic heterocycles. The predicted octanol–water partition coefficient (Wildman–Crippen LogP) is 5.44. The number of ether oxygens (including phenoxy) is 1. The van der Waals surface area contributed by atoms with Gasteiger partial charge in [-0.25, -0.2) is 9.97 Å². The number of thiophene rings is 1. The van der Waals surface area contributed by atoms with Crippen LogP contribution in [0.2, 0.25) is 0 Å². The van der Waals surface area contributed by atoms with Gasteiger partial charge in [-0.2, -0.15) is 0 Å². The Morgan fingerprint density at radius 3 is 2.74 bits per heavy atom. The maximum atomic E-state index is 13.0. The second-order valence-corrected chi connectivity index (χ2v) is 8.49. The summed E-state index contributed by atoms with van der Waals surface area (Å²) in [5, 5.41) is 9.13. The molecule has 3 heterocycles. The first-order chi connectivity index (χ1) is 16.7. The van der Waals surface area contributed by atoms with E-state index in [9.17, 15) is 4.79 Å². The zero-order valence-electron chi connectivity index (χ0n) is 18.4. The highest BCUT2D eigenvalue weighted by molar-refractivity contribution is 7.09. The third kappa shape index (κ3) is 4.57. The normalized spacial score (nSPS) is 10.7. The first kappa shape index (κ1) is 21.5. The van der Waals surface area contributed by atoms with Gasteiger partial charge in [0.15, 0.2) is 5.82 Å². The summed E-state index contributed by atoms with van der Waals surface area (Å²) >= 11 is 1.61. The Bertz CT molecular complexity index is 1440. The largest absolute Gasteiger partial charge is 0.497 e. The molecule has 8 heteroatoms. The van der Waals surface area contributed by atoms with Crippen LogP contribution in [0.1, 0.15) is 15.2 Å². The number of benzene rings is 2. The number of aromatic nitrogens is 3. The van der Waals surface area contributed by atoms with Crippen LogP contribution in [0, 0.1) is 0 Å². The van der Waals surface area contributed by atoms with E-state index < -0.39 is 0 Å². The second kappa shape index (κ2) is 9.68. The molecule has 0 unspecified atom stereocenters. The number of fused-ring (bicyclic) bond motifs is 1. The van der Waals surface area contributed by atoms with Gasteiger partial charge in [-0.15, -0.1) is 11.3 Å². The Hall–Kier alpha value is -4.30. The summed E-state index contributed by atoms with van der Waals surface area (Å²) in [5.41, 5.74) is 2.71. The molecule has 0 saturated heterocycles. The molecule has 2 aromatic carbocycles. The number of hydrogen-bond donors (Lipinski definition) is 2. The van der Waals surface area contributed by atoms with Gasteiger partial charge < -0.3 is 15.4 Å². The van der Waals surface area contributed by atoms with Crippen LogP contribution >= 0.6 is 11.3 Å². The number of hydrogen-bond acceptors (Lipinski definition) is 7. The van der Waals surface area contributed by atoms with Crippen molar-refractivity contribution in [2.24, 2.45) is 0 Å². The standard InChI is InChI=1S/C26H21N5O2S/c1-33-18-10-11-23-21(14-18)25(31-24(29-23)17-6-4-12-27-15-17)30-22-9-3-2-8-20(22)26(32)28-16-19-7-5-13-34-19/h2-15H,16H2,1H3,(H,28,32)(H,29,30,31). The minimum atomic E-state index is -0.167. The molecule has 2 N–H and O–H groups in total.